The van der Waals surface area contributed by atoms with Crippen molar-refractivity contribution >= 4 is 19.8 Å². The molecule has 10 nitrogen and oxygen atoms in total. The minimum absolute atomic E-state index is 0.0558. The first kappa shape index (κ1) is 48.1. The molecule has 0 fully saturated rings. The first-order chi connectivity index (χ1) is 24.7. The van der Waals surface area contributed by atoms with Gasteiger partial charge in [0.2, 0.25) is 0 Å². The summed E-state index contributed by atoms with van der Waals surface area (Å²) >= 11 is 0. The van der Waals surface area contributed by atoms with E-state index in [9.17, 15) is 24.2 Å². The number of carbonyl (C=O) groups excluding carboxylic acids is 2. The zero-order valence-corrected chi connectivity index (χ0v) is 31.9. The zero-order chi connectivity index (χ0) is 37.7. The van der Waals surface area contributed by atoms with Crippen molar-refractivity contribution in [1.82, 2.24) is 0 Å². The Balaban J connectivity index is 4.58. The van der Waals surface area contributed by atoms with Crippen molar-refractivity contribution in [1.29, 1.82) is 0 Å². The van der Waals surface area contributed by atoms with E-state index in [0.717, 1.165) is 70.6 Å². The average Bonchev–Trinajstić information content (AvgIpc) is 3.12. The molecule has 3 N–H and O–H groups in total. The van der Waals surface area contributed by atoms with Gasteiger partial charge < -0.3 is 24.6 Å². The first-order valence-electron chi connectivity index (χ1n) is 18.5. The molecule has 11 heteroatoms. The number of phosphoric acid groups is 1. The number of esters is 2. The van der Waals surface area contributed by atoms with Gasteiger partial charge in [0.1, 0.15) is 12.7 Å². The second-order valence-electron chi connectivity index (χ2n) is 11.9. The van der Waals surface area contributed by atoms with Crippen molar-refractivity contribution in [2.45, 2.75) is 129 Å². The number of hydrogen-bond donors (Lipinski definition) is 3. The summed E-state index contributed by atoms with van der Waals surface area (Å²) in [5.74, 6) is -1.10. The van der Waals surface area contributed by atoms with Gasteiger partial charge in [-0.15, -0.1) is 0 Å². The van der Waals surface area contributed by atoms with E-state index in [1.54, 1.807) is 6.08 Å². The minimum Gasteiger partial charge on any atom is -0.462 e. The van der Waals surface area contributed by atoms with E-state index in [4.69, 9.17) is 19.1 Å². The molecule has 3 unspecified atom stereocenters. The van der Waals surface area contributed by atoms with Gasteiger partial charge >= 0.3 is 19.8 Å². The summed E-state index contributed by atoms with van der Waals surface area (Å²) in [6.07, 6.45) is 40.1. The Morgan fingerprint density at radius 3 is 1.73 bits per heavy atom. The smallest absolute Gasteiger partial charge is 0.462 e. The highest BCUT2D eigenvalue weighted by molar-refractivity contribution is 7.47. The predicted molar refractivity (Wildman–Crippen MR) is 205 cm³/mol. The SMILES string of the molecule is CC/C=C\C/C=C\C/C=C\C/C=C\C/C=C\CC(=O)OC(COC(=O)CCCCCCC/C=C\C/C=C\CCC)COP(=O)(O)OCC(O)CO. The Labute approximate surface area is 307 Å². The summed E-state index contributed by atoms with van der Waals surface area (Å²) in [7, 11) is -4.64. The molecular weight excluding hydrogens is 671 g/mol. The van der Waals surface area contributed by atoms with Gasteiger partial charge in [-0.1, -0.05) is 125 Å². The quantitative estimate of drug-likeness (QED) is 0.0258. The van der Waals surface area contributed by atoms with Crippen LogP contribution in [-0.4, -0.2) is 65.7 Å². The third-order valence-corrected chi connectivity index (χ3v) is 8.00. The molecule has 3 atom stereocenters. The van der Waals surface area contributed by atoms with E-state index >= 15 is 0 Å². The van der Waals surface area contributed by atoms with Crippen molar-refractivity contribution in [3.8, 4) is 0 Å². The summed E-state index contributed by atoms with van der Waals surface area (Å²) in [4.78, 5) is 34.7. The van der Waals surface area contributed by atoms with Gasteiger partial charge in [0.25, 0.3) is 0 Å². The number of unbranched alkanes of at least 4 members (excludes halogenated alkanes) is 6. The van der Waals surface area contributed by atoms with Crippen LogP contribution in [0.25, 0.3) is 0 Å². The molecule has 0 aliphatic carbocycles. The zero-order valence-electron chi connectivity index (χ0n) is 31.0. The Kier molecular flexibility index (Phi) is 33.6. The van der Waals surface area contributed by atoms with Crippen LogP contribution in [0, 0.1) is 0 Å². The third-order valence-electron chi connectivity index (χ3n) is 7.05. The van der Waals surface area contributed by atoms with Gasteiger partial charge in [-0.3, -0.25) is 18.6 Å². The van der Waals surface area contributed by atoms with Crippen LogP contribution in [0.2, 0.25) is 0 Å². The molecule has 0 spiro atoms. The summed E-state index contributed by atoms with van der Waals surface area (Å²) in [5, 5.41) is 18.3. The molecule has 0 rings (SSSR count). The van der Waals surface area contributed by atoms with Crippen molar-refractivity contribution in [3.05, 3.63) is 85.1 Å². The lowest BCUT2D eigenvalue weighted by atomic mass is 10.1. The molecule has 0 aliphatic heterocycles. The van der Waals surface area contributed by atoms with Crippen molar-refractivity contribution in [2.75, 3.05) is 26.4 Å². The van der Waals surface area contributed by atoms with E-state index < -0.39 is 51.8 Å². The molecule has 0 radical (unpaired) electrons. The number of hydrogen-bond acceptors (Lipinski definition) is 9. The van der Waals surface area contributed by atoms with Crippen LogP contribution in [0.5, 0.6) is 0 Å². The Morgan fingerprint density at radius 1 is 0.627 bits per heavy atom. The predicted octanol–water partition coefficient (Wildman–Crippen LogP) is 9.10. The van der Waals surface area contributed by atoms with Crippen LogP contribution in [0.15, 0.2) is 85.1 Å². The Bertz CT molecular complexity index is 1120. The second kappa shape index (κ2) is 35.5. The molecule has 0 aromatic carbocycles. The fourth-order valence-corrected chi connectivity index (χ4v) is 5.01. The average molecular weight is 737 g/mol. The normalized spacial score (nSPS) is 15.0. The number of aliphatic hydroxyl groups excluding tert-OH is 2. The number of aliphatic hydroxyl groups is 2. The van der Waals surface area contributed by atoms with Gasteiger partial charge in [-0.2, -0.15) is 0 Å². The lowest BCUT2D eigenvalue weighted by Gasteiger charge is -2.20. The number of ether oxygens (including phenoxy) is 2. The fraction of sp³-hybridized carbons (Fsp3) is 0.600. The van der Waals surface area contributed by atoms with E-state index in [0.29, 0.717) is 12.8 Å². The van der Waals surface area contributed by atoms with Crippen LogP contribution in [0.4, 0.5) is 0 Å². The van der Waals surface area contributed by atoms with Crippen LogP contribution in [0.1, 0.15) is 117 Å². The Hall–Kier alpha value is -2.85. The standard InChI is InChI=1S/C40H65O10P/c1-3-5-7-9-11-13-15-17-18-20-22-24-26-28-30-32-40(44)50-38(36-49-51(45,46)48-34-37(42)33-41)35-47-39(43)31-29-27-25-23-21-19-16-14-12-10-8-6-4-2/h5,7-8,10-11,13-14,16-18,22,24,28,30,37-38,41-42H,3-4,6,9,12,15,19-21,23,25-27,29,31-36H2,1-2H3,(H,45,46)/b7-5-,10-8-,13-11-,16-14-,18-17-,24-22-,30-28-. The lowest BCUT2D eigenvalue weighted by Crippen LogP contribution is -2.29. The third kappa shape index (κ3) is 35.3. The van der Waals surface area contributed by atoms with Gasteiger partial charge in [-0.25, -0.2) is 4.57 Å². The van der Waals surface area contributed by atoms with Crippen LogP contribution in [-0.2, 0) is 32.7 Å². The van der Waals surface area contributed by atoms with Crippen molar-refractivity contribution in [3.63, 3.8) is 0 Å². The van der Waals surface area contributed by atoms with Gasteiger partial charge in [0.15, 0.2) is 6.10 Å². The summed E-state index contributed by atoms with van der Waals surface area (Å²) in [6, 6.07) is 0. The number of carbonyl (C=O) groups is 2. The summed E-state index contributed by atoms with van der Waals surface area (Å²) in [5.41, 5.74) is 0. The van der Waals surface area contributed by atoms with Gasteiger partial charge in [-0.05, 0) is 64.2 Å². The minimum atomic E-state index is -4.64. The first-order valence-corrected chi connectivity index (χ1v) is 20.0. The van der Waals surface area contributed by atoms with E-state index in [1.165, 1.54) is 6.42 Å². The maximum atomic E-state index is 12.5. The largest absolute Gasteiger partial charge is 0.472 e. The fourth-order valence-electron chi connectivity index (χ4n) is 4.22. The van der Waals surface area contributed by atoms with Crippen LogP contribution >= 0.6 is 7.82 Å². The highest BCUT2D eigenvalue weighted by atomic mass is 31.2. The number of rotatable bonds is 33. The highest BCUT2D eigenvalue weighted by Crippen LogP contribution is 2.43. The lowest BCUT2D eigenvalue weighted by molar-refractivity contribution is -0.160. The summed E-state index contributed by atoms with van der Waals surface area (Å²) < 4.78 is 32.4. The second-order valence-corrected chi connectivity index (χ2v) is 13.3. The molecular formula is C40H65O10P. The van der Waals surface area contributed by atoms with Crippen LogP contribution < -0.4 is 0 Å². The van der Waals surface area contributed by atoms with Crippen LogP contribution in [0.3, 0.4) is 0 Å². The van der Waals surface area contributed by atoms with E-state index in [-0.39, 0.29) is 19.4 Å². The van der Waals surface area contributed by atoms with Gasteiger partial charge in [0.05, 0.1) is 26.2 Å². The molecule has 0 saturated heterocycles. The molecule has 0 aromatic rings. The molecule has 0 heterocycles. The highest BCUT2D eigenvalue weighted by Gasteiger charge is 2.27. The van der Waals surface area contributed by atoms with E-state index in [1.807, 2.05) is 18.2 Å². The maximum Gasteiger partial charge on any atom is 0.472 e. The van der Waals surface area contributed by atoms with Gasteiger partial charge in [0, 0.05) is 6.42 Å². The molecule has 0 aliphatic rings. The Morgan fingerprint density at radius 2 is 1.14 bits per heavy atom. The monoisotopic (exact) mass is 736 g/mol. The molecule has 0 aromatic heterocycles. The number of phosphoric ester groups is 1. The molecule has 0 saturated carbocycles. The van der Waals surface area contributed by atoms with E-state index in [2.05, 4.69) is 79.1 Å². The molecule has 51 heavy (non-hydrogen) atoms. The van der Waals surface area contributed by atoms with Crippen molar-refractivity contribution < 1.29 is 47.8 Å². The van der Waals surface area contributed by atoms with Crippen molar-refractivity contribution in [2.24, 2.45) is 0 Å². The molecule has 290 valence electrons. The molecule has 0 amide bonds. The topological polar surface area (TPSA) is 149 Å². The maximum absolute atomic E-state index is 12.5. The summed E-state index contributed by atoms with van der Waals surface area (Å²) in [6.45, 7) is 2.03. The number of allylic oxidation sites excluding steroid dienone is 13. The molecule has 0 bridgehead atoms.